The molecule has 0 amide bonds. The fourth-order valence-corrected chi connectivity index (χ4v) is 3.08. The zero-order chi connectivity index (χ0) is 21.8. The average molecular weight is 430 g/mol. The third-order valence-electron chi connectivity index (χ3n) is 4.82. The summed E-state index contributed by atoms with van der Waals surface area (Å²) in [5.41, 5.74) is 1.78. The van der Waals surface area contributed by atoms with E-state index >= 15 is 0 Å². The van der Waals surface area contributed by atoms with E-state index in [1.54, 1.807) is 18.2 Å². The van der Waals surface area contributed by atoms with Crippen LogP contribution in [0.15, 0.2) is 36.5 Å². The van der Waals surface area contributed by atoms with Crippen molar-refractivity contribution in [3.05, 3.63) is 48.2 Å². The highest BCUT2D eigenvalue weighted by Crippen LogP contribution is 2.35. The smallest absolute Gasteiger partial charge is 0.317 e. The molecule has 0 radical (unpaired) electrons. The summed E-state index contributed by atoms with van der Waals surface area (Å²) in [4.78, 5) is 16.3. The number of rotatable bonds is 7. The van der Waals surface area contributed by atoms with E-state index in [1.165, 1.54) is 18.3 Å². The number of aliphatic hydroxyl groups excluding tert-OH is 2. The molecular formula is C21H23FN4O5. The maximum Gasteiger partial charge on any atom is 0.317 e. The van der Waals surface area contributed by atoms with Gasteiger partial charge in [-0.25, -0.2) is 14.4 Å². The van der Waals surface area contributed by atoms with Crippen molar-refractivity contribution in [3.8, 4) is 28.7 Å². The Morgan fingerprint density at radius 2 is 1.90 bits per heavy atom. The molecule has 9 nitrogen and oxygen atoms in total. The van der Waals surface area contributed by atoms with Crippen LogP contribution >= 0.6 is 0 Å². The maximum atomic E-state index is 13.5. The zero-order valence-corrected chi connectivity index (χ0v) is 16.9. The minimum absolute atomic E-state index is 0.0541. The summed E-state index contributed by atoms with van der Waals surface area (Å²) >= 11 is 0. The van der Waals surface area contributed by atoms with Crippen LogP contribution in [0.4, 0.5) is 4.39 Å². The molecule has 2 aromatic heterocycles. The molecule has 164 valence electrons. The fraction of sp³-hybridized carbons (Fsp3) is 0.381. The molecular weight excluding hydrogens is 407 g/mol. The molecule has 3 heterocycles. The number of nitrogens with zero attached hydrogens (tertiary/aromatic N) is 3. The number of H-pyrrole nitrogens is 1. The van der Waals surface area contributed by atoms with Crippen molar-refractivity contribution in [2.24, 2.45) is 5.41 Å². The average Bonchev–Trinajstić information content (AvgIpc) is 3.24. The first-order chi connectivity index (χ1) is 15.0. The molecule has 3 N–H and O–H groups in total. The number of aromatic amines is 1. The summed E-state index contributed by atoms with van der Waals surface area (Å²) in [5.74, 6) is 0.0655. The van der Waals surface area contributed by atoms with Crippen LogP contribution in [-0.2, 0) is 9.47 Å². The van der Waals surface area contributed by atoms with Gasteiger partial charge in [-0.3, -0.25) is 0 Å². The summed E-state index contributed by atoms with van der Waals surface area (Å²) in [6, 6.07) is 7.73. The lowest BCUT2D eigenvalue weighted by Gasteiger charge is -2.35. The standard InChI is InChI=1S/C21H23FN4O5/c1-21(10-28)11-30-19(31-12-21)18-25-16(13-2-4-14(22)5-3-13)17(26-18)15-6-7-23-20(24-15)29-9-8-27/h2-7,19,27-28H,8-12H2,1H3,(H,25,26). The second-order valence-corrected chi connectivity index (χ2v) is 7.57. The largest absolute Gasteiger partial charge is 0.461 e. The van der Waals surface area contributed by atoms with E-state index < -0.39 is 11.7 Å². The predicted molar refractivity (Wildman–Crippen MR) is 107 cm³/mol. The number of halogens is 1. The van der Waals surface area contributed by atoms with Gasteiger partial charge in [0.1, 0.15) is 12.4 Å². The monoisotopic (exact) mass is 430 g/mol. The first kappa shape index (κ1) is 21.3. The molecule has 1 fully saturated rings. The third-order valence-corrected chi connectivity index (χ3v) is 4.82. The van der Waals surface area contributed by atoms with Crippen molar-refractivity contribution in [2.45, 2.75) is 13.2 Å². The number of hydrogen-bond acceptors (Lipinski definition) is 8. The molecule has 0 aliphatic carbocycles. The van der Waals surface area contributed by atoms with E-state index in [-0.39, 0.29) is 31.6 Å². The highest BCUT2D eigenvalue weighted by Gasteiger charge is 2.34. The molecule has 1 aliphatic rings. The number of aliphatic hydroxyl groups is 2. The Bertz CT molecular complexity index is 1020. The lowest BCUT2D eigenvalue weighted by atomic mass is 9.94. The molecule has 4 rings (SSSR count). The third kappa shape index (κ3) is 4.72. The van der Waals surface area contributed by atoms with Gasteiger partial charge < -0.3 is 29.4 Å². The summed E-state index contributed by atoms with van der Waals surface area (Å²) < 4.78 is 30.3. The van der Waals surface area contributed by atoms with Crippen LogP contribution in [0.25, 0.3) is 22.6 Å². The van der Waals surface area contributed by atoms with Crippen LogP contribution in [0.3, 0.4) is 0 Å². The van der Waals surface area contributed by atoms with Gasteiger partial charge in [0.15, 0.2) is 5.82 Å². The summed E-state index contributed by atoms with van der Waals surface area (Å²) in [7, 11) is 0. The van der Waals surface area contributed by atoms with Crippen molar-refractivity contribution >= 4 is 0 Å². The van der Waals surface area contributed by atoms with E-state index in [0.717, 1.165) is 0 Å². The first-order valence-corrected chi connectivity index (χ1v) is 9.78. The second kappa shape index (κ2) is 9.06. The van der Waals surface area contributed by atoms with Gasteiger partial charge in [0.25, 0.3) is 0 Å². The van der Waals surface area contributed by atoms with Gasteiger partial charge in [-0.2, -0.15) is 4.98 Å². The van der Waals surface area contributed by atoms with Crippen molar-refractivity contribution in [2.75, 3.05) is 33.0 Å². The van der Waals surface area contributed by atoms with Crippen molar-refractivity contribution in [1.82, 2.24) is 19.9 Å². The summed E-state index contributed by atoms with van der Waals surface area (Å²) in [6.07, 6.45) is 0.782. The van der Waals surface area contributed by atoms with E-state index in [0.29, 0.717) is 41.7 Å². The Morgan fingerprint density at radius 3 is 2.58 bits per heavy atom. The number of benzene rings is 1. The van der Waals surface area contributed by atoms with Crippen molar-refractivity contribution in [3.63, 3.8) is 0 Å². The number of ether oxygens (including phenoxy) is 3. The quantitative estimate of drug-likeness (QED) is 0.521. The molecule has 0 spiro atoms. The Morgan fingerprint density at radius 1 is 1.16 bits per heavy atom. The molecule has 31 heavy (non-hydrogen) atoms. The van der Waals surface area contributed by atoms with Gasteiger partial charge in [-0.05, 0) is 30.3 Å². The van der Waals surface area contributed by atoms with Gasteiger partial charge in [-0.1, -0.05) is 6.92 Å². The maximum absolute atomic E-state index is 13.5. The van der Waals surface area contributed by atoms with Crippen LogP contribution in [0, 0.1) is 11.2 Å². The molecule has 0 atom stereocenters. The lowest BCUT2D eigenvalue weighted by molar-refractivity contribution is -0.239. The number of nitrogens with one attached hydrogen (secondary N) is 1. The van der Waals surface area contributed by atoms with E-state index in [2.05, 4.69) is 19.9 Å². The Kier molecular flexibility index (Phi) is 6.23. The Hall–Kier alpha value is -2.92. The van der Waals surface area contributed by atoms with Crippen LogP contribution in [-0.4, -0.2) is 63.2 Å². The van der Waals surface area contributed by atoms with Crippen LogP contribution in [0.2, 0.25) is 0 Å². The minimum Gasteiger partial charge on any atom is -0.461 e. The first-order valence-electron chi connectivity index (χ1n) is 9.78. The topological polar surface area (TPSA) is 123 Å². The number of aromatic nitrogens is 4. The number of hydrogen-bond donors (Lipinski definition) is 3. The molecule has 0 unspecified atom stereocenters. The molecule has 0 bridgehead atoms. The van der Waals surface area contributed by atoms with E-state index in [4.69, 9.17) is 19.3 Å². The lowest BCUT2D eigenvalue weighted by Crippen LogP contribution is -2.39. The van der Waals surface area contributed by atoms with Gasteiger partial charge >= 0.3 is 6.01 Å². The van der Waals surface area contributed by atoms with E-state index in [9.17, 15) is 9.50 Å². The minimum atomic E-state index is -0.750. The van der Waals surface area contributed by atoms with Crippen molar-refractivity contribution in [1.29, 1.82) is 0 Å². The molecule has 1 saturated heterocycles. The molecule has 3 aromatic rings. The van der Waals surface area contributed by atoms with Crippen LogP contribution in [0.1, 0.15) is 19.0 Å². The molecule has 1 aliphatic heterocycles. The SMILES string of the molecule is CC1(CO)COC(c2nc(-c3ccc(F)cc3)c(-c3ccnc(OCCO)n3)[nH]2)OC1. The van der Waals surface area contributed by atoms with Gasteiger partial charge in [0, 0.05) is 17.2 Å². The van der Waals surface area contributed by atoms with Crippen LogP contribution < -0.4 is 4.74 Å². The van der Waals surface area contributed by atoms with Crippen molar-refractivity contribution < 1.29 is 28.8 Å². The van der Waals surface area contributed by atoms with Gasteiger partial charge in [-0.15, -0.1) is 0 Å². The normalized spacial score (nSPS) is 21.2. The van der Waals surface area contributed by atoms with E-state index in [1.807, 2.05) is 6.92 Å². The number of imidazole rings is 1. The molecule has 10 heteroatoms. The Labute approximate surface area is 177 Å². The zero-order valence-electron chi connectivity index (χ0n) is 16.9. The second-order valence-electron chi connectivity index (χ2n) is 7.57. The van der Waals surface area contributed by atoms with Gasteiger partial charge in [0.05, 0.1) is 43.5 Å². The fourth-order valence-electron chi connectivity index (χ4n) is 3.08. The predicted octanol–water partition coefficient (Wildman–Crippen LogP) is 2.09. The Balaban J connectivity index is 1.71. The van der Waals surface area contributed by atoms with Gasteiger partial charge in [0.2, 0.25) is 6.29 Å². The highest BCUT2D eigenvalue weighted by molar-refractivity contribution is 5.76. The highest BCUT2D eigenvalue weighted by atomic mass is 19.1. The summed E-state index contributed by atoms with van der Waals surface area (Å²) in [5, 5.41) is 18.5. The molecule has 1 aromatic carbocycles. The summed E-state index contributed by atoms with van der Waals surface area (Å²) in [6.45, 7) is 2.34. The molecule has 0 saturated carbocycles. The van der Waals surface area contributed by atoms with Crippen LogP contribution in [0.5, 0.6) is 6.01 Å².